The van der Waals surface area contributed by atoms with Crippen LogP contribution in [0, 0.1) is 6.92 Å². The van der Waals surface area contributed by atoms with Crippen molar-refractivity contribution in [1.29, 1.82) is 0 Å². The molecular weight excluding hydrogens is 222 g/mol. The number of guanidine groups is 1. The summed E-state index contributed by atoms with van der Waals surface area (Å²) < 4.78 is 0. The molecule has 3 N–H and O–H groups in total. The number of benzene rings is 1. The highest BCUT2D eigenvalue weighted by atomic mass is 15.1. The fourth-order valence-corrected chi connectivity index (χ4v) is 2.43. The topological polar surface area (TPSA) is 50.4 Å². The second-order valence-electron chi connectivity index (χ2n) is 5.23. The molecule has 3 heteroatoms. The number of nitrogens with one attached hydrogen (secondary N) is 1. The molecule has 3 nitrogen and oxygen atoms in total. The second-order valence-corrected chi connectivity index (χ2v) is 5.23. The smallest absolute Gasteiger partial charge is 0.189 e. The van der Waals surface area contributed by atoms with Crippen molar-refractivity contribution in [3.05, 3.63) is 35.4 Å². The lowest BCUT2D eigenvalue weighted by Crippen LogP contribution is -2.34. The molecule has 1 aliphatic carbocycles. The lowest BCUT2D eigenvalue weighted by Gasteiger charge is -2.16. The Labute approximate surface area is 109 Å². The molecule has 18 heavy (non-hydrogen) atoms. The van der Waals surface area contributed by atoms with Gasteiger partial charge in [0.25, 0.3) is 0 Å². The van der Waals surface area contributed by atoms with Crippen LogP contribution in [0.4, 0.5) is 0 Å². The molecule has 0 spiro atoms. The van der Waals surface area contributed by atoms with Crippen molar-refractivity contribution >= 4 is 5.96 Å². The Hall–Kier alpha value is -1.51. The molecular formula is C15H23N3. The lowest BCUT2D eigenvalue weighted by atomic mass is 10.1. The first-order valence-electron chi connectivity index (χ1n) is 6.81. The number of hydrogen-bond acceptors (Lipinski definition) is 1. The highest BCUT2D eigenvalue weighted by Crippen LogP contribution is 2.21. The van der Waals surface area contributed by atoms with Crippen molar-refractivity contribution in [2.75, 3.05) is 0 Å². The molecule has 0 aliphatic heterocycles. The fraction of sp³-hybridized carbons (Fsp3) is 0.533. The lowest BCUT2D eigenvalue weighted by molar-refractivity contribution is 0.669. The van der Waals surface area contributed by atoms with Gasteiger partial charge in [0, 0.05) is 0 Å². The molecule has 1 aromatic rings. The SMILES string of the molecule is Cc1ccc(C(C)NC(N)=NC2CCCC2)cc1. The van der Waals surface area contributed by atoms with Crippen molar-refractivity contribution in [3.63, 3.8) is 0 Å². The van der Waals surface area contributed by atoms with Gasteiger partial charge in [0.15, 0.2) is 5.96 Å². The first kappa shape index (κ1) is 12.9. The average molecular weight is 245 g/mol. The number of nitrogens with zero attached hydrogens (tertiary/aromatic N) is 1. The molecule has 1 aromatic carbocycles. The first-order valence-corrected chi connectivity index (χ1v) is 6.81. The van der Waals surface area contributed by atoms with E-state index in [1.165, 1.54) is 36.8 Å². The van der Waals surface area contributed by atoms with E-state index in [0.29, 0.717) is 12.0 Å². The minimum Gasteiger partial charge on any atom is -0.370 e. The Morgan fingerprint density at radius 2 is 1.89 bits per heavy atom. The molecule has 1 saturated carbocycles. The Morgan fingerprint density at radius 3 is 2.50 bits per heavy atom. The van der Waals surface area contributed by atoms with Crippen LogP contribution in [-0.2, 0) is 0 Å². The highest BCUT2D eigenvalue weighted by molar-refractivity contribution is 5.78. The van der Waals surface area contributed by atoms with E-state index >= 15 is 0 Å². The molecule has 0 radical (unpaired) electrons. The summed E-state index contributed by atoms with van der Waals surface area (Å²) in [4.78, 5) is 4.54. The molecule has 0 aromatic heterocycles. The minimum atomic E-state index is 0.204. The number of aliphatic imine (C=N–C) groups is 1. The van der Waals surface area contributed by atoms with Crippen LogP contribution in [-0.4, -0.2) is 12.0 Å². The van der Waals surface area contributed by atoms with Gasteiger partial charge in [-0.25, -0.2) is 0 Å². The van der Waals surface area contributed by atoms with E-state index < -0.39 is 0 Å². The summed E-state index contributed by atoms with van der Waals surface area (Å²) in [5.41, 5.74) is 8.48. The van der Waals surface area contributed by atoms with Crippen LogP contribution >= 0.6 is 0 Å². The normalized spacial score (nSPS) is 18.9. The van der Waals surface area contributed by atoms with Crippen molar-refractivity contribution in [1.82, 2.24) is 5.32 Å². The second kappa shape index (κ2) is 5.89. The largest absolute Gasteiger partial charge is 0.370 e. The van der Waals surface area contributed by atoms with Crippen LogP contribution in [0.25, 0.3) is 0 Å². The van der Waals surface area contributed by atoms with Gasteiger partial charge in [-0.2, -0.15) is 0 Å². The molecule has 1 aliphatic rings. The monoisotopic (exact) mass is 245 g/mol. The average Bonchev–Trinajstić information content (AvgIpc) is 2.82. The molecule has 0 bridgehead atoms. The Kier molecular flexibility index (Phi) is 4.24. The van der Waals surface area contributed by atoms with E-state index in [4.69, 9.17) is 5.73 Å². The maximum atomic E-state index is 5.96. The van der Waals surface area contributed by atoms with Crippen LogP contribution in [0.5, 0.6) is 0 Å². The zero-order valence-electron chi connectivity index (χ0n) is 11.3. The van der Waals surface area contributed by atoms with E-state index in [1.54, 1.807) is 0 Å². The van der Waals surface area contributed by atoms with E-state index in [1.807, 2.05) is 0 Å². The standard InChI is InChI=1S/C15H23N3/c1-11-7-9-13(10-8-11)12(2)17-15(16)18-14-5-3-4-6-14/h7-10,12,14H,3-6H2,1-2H3,(H3,16,17,18). The third-order valence-corrected chi connectivity index (χ3v) is 3.59. The summed E-state index contributed by atoms with van der Waals surface area (Å²) >= 11 is 0. The number of rotatable bonds is 3. The molecule has 0 heterocycles. The fourth-order valence-electron chi connectivity index (χ4n) is 2.43. The number of hydrogen-bond donors (Lipinski definition) is 2. The molecule has 0 amide bonds. The third-order valence-electron chi connectivity index (χ3n) is 3.59. The Bertz CT molecular complexity index is 402. The molecule has 2 rings (SSSR count). The minimum absolute atomic E-state index is 0.204. The maximum absolute atomic E-state index is 5.96. The van der Waals surface area contributed by atoms with E-state index in [-0.39, 0.29) is 6.04 Å². The van der Waals surface area contributed by atoms with E-state index in [0.717, 1.165) is 0 Å². The van der Waals surface area contributed by atoms with Crippen LogP contribution in [0.2, 0.25) is 0 Å². The van der Waals surface area contributed by atoms with Crippen LogP contribution < -0.4 is 11.1 Å². The van der Waals surface area contributed by atoms with Crippen molar-refractivity contribution in [3.8, 4) is 0 Å². The van der Waals surface area contributed by atoms with Crippen LogP contribution in [0.1, 0.15) is 49.8 Å². The third kappa shape index (κ3) is 3.49. The summed E-state index contributed by atoms with van der Waals surface area (Å²) in [6.07, 6.45) is 4.94. The summed E-state index contributed by atoms with van der Waals surface area (Å²) in [6.45, 7) is 4.21. The Morgan fingerprint density at radius 1 is 1.28 bits per heavy atom. The first-order chi connectivity index (χ1) is 8.65. The van der Waals surface area contributed by atoms with Gasteiger partial charge in [0.2, 0.25) is 0 Å². The highest BCUT2D eigenvalue weighted by Gasteiger charge is 2.14. The van der Waals surface area contributed by atoms with Gasteiger partial charge in [0.05, 0.1) is 12.1 Å². The van der Waals surface area contributed by atoms with Crippen molar-refractivity contribution in [2.45, 2.75) is 51.6 Å². The number of aryl methyl sites for hydroxylation is 1. The van der Waals surface area contributed by atoms with Gasteiger partial charge in [0.1, 0.15) is 0 Å². The van der Waals surface area contributed by atoms with Gasteiger partial charge in [-0.1, -0.05) is 42.7 Å². The molecule has 1 fully saturated rings. The van der Waals surface area contributed by atoms with Gasteiger partial charge in [-0.15, -0.1) is 0 Å². The molecule has 0 saturated heterocycles. The van der Waals surface area contributed by atoms with Crippen molar-refractivity contribution < 1.29 is 0 Å². The summed E-state index contributed by atoms with van der Waals surface area (Å²) in [6, 6.07) is 9.15. The molecule has 98 valence electrons. The van der Waals surface area contributed by atoms with Crippen LogP contribution in [0.15, 0.2) is 29.3 Å². The summed E-state index contributed by atoms with van der Waals surface area (Å²) in [5, 5.41) is 3.27. The maximum Gasteiger partial charge on any atom is 0.189 e. The quantitative estimate of drug-likeness (QED) is 0.635. The predicted octanol–water partition coefficient (Wildman–Crippen LogP) is 2.90. The van der Waals surface area contributed by atoms with Gasteiger partial charge in [-0.05, 0) is 32.3 Å². The molecule has 1 atom stereocenters. The van der Waals surface area contributed by atoms with Crippen LogP contribution in [0.3, 0.4) is 0 Å². The molecule has 1 unspecified atom stereocenters. The van der Waals surface area contributed by atoms with Gasteiger partial charge in [-0.3, -0.25) is 4.99 Å². The van der Waals surface area contributed by atoms with E-state index in [9.17, 15) is 0 Å². The predicted molar refractivity (Wildman–Crippen MR) is 76.6 cm³/mol. The van der Waals surface area contributed by atoms with Crippen molar-refractivity contribution in [2.24, 2.45) is 10.7 Å². The Balaban J connectivity index is 1.93. The number of nitrogens with two attached hydrogens (primary N) is 1. The van der Waals surface area contributed by atoms with E-state index in [2.05, 4.69) is 48.4 Å². The zero-order chi connectivity index (χ0) is 13.0. The zero-order valence-corrected chi connectivity index (χ0v) is 11.3. The summed E-state index contributed by atoms with van der Waals surface area (Å²) in [7, 11) is 0. The van der Waals surface area contributed by atoms with Gasteiger partial charge < -0.3 is 11.1 Å². The summed E-state index contributed by atoms with van der Waals surface area (Å²) in [5.74, 6) is 0.579. The van der Waals surface area contributed by atoms with Gasteiger partial charge >= 0.3 is 0 Å².